The number of aromatic nitrogens is 4. The first kappa shape index (κ1) is 27.0. The van der Waals surface area contributed by atoms with Gasteiger partial charge in [-0.3, -0.25) is 30.1 Å². The van der Waals surface area contributed by atoms with Crippen molar-refractivity contribution < 1.29 is 19.2 Å². The fraction of sp³-hybridized carbons (Fsp3) is 0.370. The summed E-state index contributed by atoms with van der Waals surface area (Å²) in [6, 6.07) is 2.58. The van der Waals surface area contributed by atoms with Gasteiger partial charge < -0.3 is 21.7 Å². The molecule has 0 radical (unpaired) electrons. The highest BCUT2D eigenvalue weighted by Gasteiger charge is 2.46. The minimum absolute atomic E-state index is 0.115. The van der Waals surface area contributed by atoms with E-state index in [0.29, 0.717) is 46.6 Å². The second kappa shape index (κ2) is 9.71. The van der Waals surface area contributed by atoms with E-state index in [4.69, 9.17) is 21.9 Å². The van der Waals surface area contributed by atoms with Gasteiger partial charge in [0, 0.05) is 35.3 Å². The summed E-state index contributed by atoms with van der Waals surface area (Å²) in [6.45, 7) is 3.01. The van der Waals surface area contributed by atoms with Crippen molar-refractivity contribution in [2.75, 3.05) is 5.73 Å². The van der Waals surface area contributed by atoms with Gasteiger partial charge in [0.05, 0.1) is 23.1 Å². The lowest BCUT2D eigenvalue weighted by Gasteiger charge is -2.39. The number of nitrogens with two attached hydrogens (primary N) is 2. The number of piperidine rings is 1. The third kappa shape index (κ3) is 4.07. The molecule has 0 aromatic carbocycles. The van der Waals surface area contributed by atoms with Crippen molar-refractivity contribution in [3.8, 4) is 11.1 Å². The lowest BCUT2D eigenvalue weighted by molar-refractivity contribution is -0.128. The standard InChI is InChI=1S/C27H29N11O4/c1-12(39)19-20(14-7-15-4-5-16(8-14)37(15)24(40)21(29)32-11-28)34-23-17(10-33-38(23)22(19)30)13-3-6-18(31-9-13)27(2)25(41)35-26(42)36-27/h3,6,9-11,14-16H,4-5,7-8,30H2,1-2H3,(H3,28,29,32)(H2,35,36,41,42). The molecule has 3 aliphatic rings. The number of Topliss-reactive ketones (excluding diaryl/α,β-unsaturated/α-hetero) is 1. The molecule has 3 unspecified atom stereocenters. The van der Waals surface area contributed by atoms with E-state index in [1.54, 1.807) is 36.4 Å². The lowest BCUT2D eigenvalue weighted by atomic mass is 9.85. The number of amides is 4. The molecule has 4 amide bonds. The molecule has 3 aromatic rings. The van der Waals surface area contributed by atoms with Crippen molar-refractivity contribution in [2.45, 2.75) is 63.1 Å². The van der Waals surface area contributed by atoms with Gasteiger partial charge in [0.15, 0.2) is 22.8 Å². The summed E-state index contributed by atoms with van der Waals surface area (Å²) >= 11 is 0. The molecule has 6 heterocycles. The molecule has 3 fully saturated rings. The Balaban J connectivity index is 1.37. The van der Waals surface area contributed by atoms with Crippen LogP contribution < -0.4 is 22.1 Å². The quantitative estimate of drug-likeness (QED) is 0.126. The van der Waals surface area contributed by atoms with E-state index >= 15 is 0 Å². The zero-order valence-electron chi connectivity index (χ0n) is 22.9. The molecule has 2 bridgehead atoms. The number of hydrogen-bond donors (Lipinski definition) is 5. The Bertz CT molecular complexity index is 1700. The average molecular weight is 572 g/mol. The summed E-state index contributed by atoms with van der Waals surface area (Å²) in [5.41, 5.74) is 14.0. The van der Waals surface area contributed by atoms with Crippen molar-refractivity contribution >= 4 is 47.3 Å². The number of amidine groups is 1. The number of fused-ring (bicyclic) bond motifs is 3. The average Bonchev–Trinajstić information content (AvgIpc) is 3.58. The fourth-order valence-corrected chi connectivity index (χ4v) is 6.45. The van der Waals surface area contributed by atoms with Gasteiger partial charge in [0.25, 0.3) is 11.8 Å². The Kier molecular flexibility index (Phi) is 6.24. The molecule has 0 spiro atoms. The Hall–Kier alpha value is -5.21. The van der Waals surface area contributed by atoms with Gasteiger partial charge in [-0.2, -0.15) is 9.61 Å². The van der Waals surface area contributed by atoms with Crippen molar-refractivity contribution in [1.29, 1.82) is 5.41 Å². The molecule has 0 aliphatic carbocycles. The van der Waals surface area contributed by atoms with E-state index < -0.39 is 23.4 Å². The summed E-state index contributed by atoms with van der Waals surface area (Å²) in [6.07, 6.45) is 6.60. The van der Waals surface area contributed by atoms with Crippen LogP contribution in [0.4, 0.5) is 10.6 Å². The predicted molar refractivity (Wildman–Crippen MR) is 151 cm³/mol. The number of imide groups is 1. The number of hydrogen-bond acceptors (Lipinski definition) is 9. The van der Waals surface area contributed by atoms with Gasteiger partial charge in [0.1, 0.15) is 12.2 Å². The Morgan fingerprint density at radius 1 is 1.19 bits per heavy atom. The van der Waals surface area contributed by atoms with E-state index in [0.717, 1.165) is 19.2 Å². The number of rotatable bonds is 5. The monoisotopic (exact) mass is 571 g/mol. The van der Waals surface area contributed by atoms with Crippen LogP contribution in [0.2, 0.25) is 0 Å². The molecule has 216 valence electrons. The van der Waals surface area contributed by atoms with Crippen LogP contribution in [0.15, 0.2) is 29.5 Å². The maximum atomic E-state index is 12.9. The van der Waals surface area contributed by atoms with E-state index in [1.165, 1.54) is 11.4 Å². The highest BCUT2D eigenvalue weighted by Crippen LogP contribution is 2.44. The van der Waals surface area contributed by atoms with Crippen LogP contribution in [0, 0.1) is 5.41 Å². The number of nitrogens with one attached hydrogen (secondary N) is 3. The van der Waals surface area contributed by atoms with Crippen LogP contribution >= 0.6 is 0 Å². The molecule has 15 nitrogen and oxygen atoms in total. The molecule has 6 rings (SSSR count). The first-order valence-corrected chi connectivity index (χ1v) is 13.5. The number of nitrogen functional groups attached to an aromatic ring is 1. The number of nitrogens with zero attached hydrogens (tertiary/aromatic N) is 6. The fourth-order valence-electron chi connectivity index (χ4n) is 6.45. The van der Waals surface area contributed by atoms with Crippen LogP contribution in [-0.2, 0) is 15.1 Å². The Labute approximate surface area is 239 Å². The Morgan fingerprint density at radius 3 is 2.48 bits per heavy atom. The van der Waals surface area contributed by atoms with Gasteiger partial charge in [0.2, 0.25) is 0 Å². The van der Waals surface area contributed by atoms with Gasteiger partial charge in [-0.1, -0.05) is 6.07 Å². The number of aliphatic imine (C=N–C) groups is 1. The van der Waals surface area contributed by atoms with Gasteiger partial charge >= 0.3 is 6.03 Å². The minimum atomic E-state index is -1.30. The summed E-state index contributed by atoms with van der Waals surface area (Å²) in [5, 5.41) is 16.4. The molecule has 3 atom stereocenters. The van der Waals surface area contributed by atoms with Crippen LogP contribution in [0.1, 0.15) is 67.2 Å². The first-order valence-electron chi connectivity index (χ1n) is 13.5. The molecule has 7 N–H and O–H groups in total. The topological polar surface area (TPSA) is 227 Å². The van der Waals surface area contributed by atoms with Crippen molar-refractivity contribution in [1.82, 2.24) is 35.1 Å². The van der Waals surface area contributed by atoms with E-state index in [9.17, 15) is 19.2 Å². The van der Waals surface area contributed by atoms with E-state index in [-0.39, 0.29) is 35.4 Å². The molecule has 3 saturated heterocycles. The SMILES string of the molecule is CC(=O)c1c(C2CC3CCC(C2)N3C(=O)C(N)=NC=N)nc2c(-c3ccc(C4(C)NC(=O)NC4=O)nc3)cnn2c1N. The smallest absolute Gasteiger partial charge is 0.322 e. The number of pyridine rings is 1. The molecular weight excluding hydrogens is 542 g/mol. The van der Waals surface area contributed by atoms with Crippen molar-refractivity contribution in [2.24, 2.45) is 10.7 Å². The first-order chi connectivity index (χ1) is 20.0. The second-order valence-electron chi connectivity index (χ2n) is 11.0. The predicted octanol–water partition coefficient (Wildman–Crippen LogP) is 0.832. The number of anilines is 1. The van der Waals surface area contributed by atoms with Crippen LogP contribution in [0.5, 0.6) is 0 Å². The number of ketones is 1. The summed E-state index contributed by atoms with van der Waals surface area (Å²) < 4.78 is 1.43. The zero-order chi connectivity index (χ0) is 29.9. The Morgan fingerprint density at radius 2 is 1.90 bits per heavy atom. The second-order valence-corrected chi connectivity index (χ2v) is 11.0. The highest BCUT2D eigenvalue weighted by molar-refractivity contribution is 6.38. The van der Waals surface area contributed by atoms with Crippen molar-refractivity contribution in [3.05, 3.63) is 41.5 Å². The number of urea groups is 1. The normalized spacial score (nSPS) is 25.4. The summed E-state index contributed by atoms with van der Waals surface area (Å²) in [4.78, 5) is 64.6. The van der Waals surface area contributed by atoms with Gasteiger partial charge in [-0.15, -0.1) is 0 Å². The molecule has 0 saturated carbocycles. The number of carbonyl (C=O) groups excluding carboxylic acids is 4. The maximum Gasteiger partial charge on any atom is 0.322 e. The zero-order valence-corrected chi connectivity index (χ0v) is 22.9. The third-order valence-electron chi connectivity index (χ3n) is 8.47. The molecule has 15 heteroatoms. The maximum absolute atomic E-state index is 12.9. The third-order valence-corrected chi connectivity index (χ3v) is 8.47. The van der Waals surface area contributed by atoms with E-state index in [2.05, 4.69) is 25.7 Å². The number of carbonyl (C=O) groups is 4. The minimum Gasteiger partial charge on any atom is -0.383 e. The molecular formula is C27H29N11O4. The summed E-state index contributed by atoms with van der Waals surface area (Å²) in [5.74, 6) is -1.32. The highest BCUT2D eigenvalue weighted by atomic mass is 16.2. The van der Waals surface area contributed by atoms with Crippen LogP contribution in [0.3, 0.4) is 0 Å². The largest absolute Gasteiger partial charge is 0.383 e. The molecule has 3 aliphatic heterocycles. The van der Waals surface area contributed by atoms with Crippen LogP contribution in [-0.4, -0.2) is 72.4 Å². The molecule has 3 aromatic heterocycles. The van der Waals surface area contributed by atoms with Gasteiger partial charge in [-0.25, -0.2) is 14.8 Å². The van der Waals surface area contributed by atoms with Gasteiger partial charge in [-0.05, 0) is 45.6 Å². The van der Waals surface area contributed by atoms with E-state index in [1.807, 2.05) is 0 Å². The molecule has 42 heavy (non-hydrogen) atoms. The van der Waals surface area contributed by atoms with Crippen LogP contribution in [0.25, 0.3) is 16.8 Å². The van der Waals surface area contributed by atoms with Crippen molar-refractivity contribution in [3.63, 3.8) is 0 Å². The lowest BCUT2D eigenvalue weighted by Crippen LogP contribution is -2.50. The summed E-state index contributed by atoms with van der Waals surface area (Å²) in [7, 11) is 0.